The molecular weight excluding hydrogens is 280 g/mol. The highest BCUT2D eigenvalue weighted by atomic mass is 79.9. The van der Waals surface area contributed by atoms with Gasteiger partial charge in [0.2, 0.25) is 5.91 Å². The van der Waals surface area contributed by atoms with Crippen LogP contribution in [0.2, 0.25) is 0 Å². The number of hydrogen-bond donors (Lipinski definition) is 1. The van der Waals surface area contributed by atoms with E-state index in [9.17, 15) is 4.79 Å². The van der Waals surface area contributed by atoms with Gasteiger partial charge in [-0.3, -0.25) is 4.79 Å². The van der Waals surface area contributed by atoms with Crippen LogP contribution in [0.25, 0.3) is 0 Å². The minimum absolute atomic E-state index is 0.367. The van der Waals surface area contributed by atoms with Crippen molar-refractivity contribution in [2.75, 3.05) is 0 Å². The zero-order chi connectivity index (χ0) is 12.3. The van der Waals surface area contributed by atoms with Crippen LogP contribution in [0.4, 0.5) is 0 Å². The zero-order valence-electron chi connectivity index (χ0n) is 9.27. The van der Waals surface area contributed by atoms with Gasteiger partial charge in [-0.15, -0.1) is 0 Å². The van der Waals surface area contributed by atoms with Gasteiger partial charge < -0.3 is 10.6 Å². The summed E-state index contributed by atoms with van der Waals surface area (Å²) in [5, 5.41) is 0. The van der Waals surface area contributed by atoms with Crippen LogP contribution < -0.4 is 5.73 Å². The molecule has 0 atom stereocenters. The Labute approximate surface area is 109 Å². The van der Waals surface area contributed by atoms with Crippen molar-refractivity contribution >= 4 is 21.8 Å². The molecule has 1 aliphatic rings. The molecule has 0 saturated heterocycles. The number of benzene rings is 1. The molecule has 0 fully saturated rings. The van der Waals surface area contributed by atoms with Gasteiger partial charge in [-0.1, -0.05) is 46.3 Å². The van der Waals surface area contributed by atoms with Gasteiger partial charge in [0.15, 0.2) is 0 Å². The molecular formula is C13H13BrN2O. The molecule has 2 N–H and O–H groups in total. The van der Waals surface area contributed by atoms with Gasteiger partial charge in [0.25, 0.3) is 0 Å². The van der Waals surface area contributed by atoms with Gasteiger partial charge in [0.1, 0.15) is 0 Å². The summed E-state index contributed by atoms with van der Waals surface area (Å²) in [6.07, 6.45) is 4.35. The first-order valence-electron chi connectivity index (χ1n) is 5.31. The van der Waals surface area contributed by atoms with Crippen LogP contribution in [0.1, 0.15) is 12.0 Å². The first-order chi connectivity index (χ1) is 8.15. The number of nitrogens with zero attached hydrogens (tertiary/aromatic N) is 1. The van der Waals surface area contributed by atoms with Crippen molar-refractivity contribution in [3.63, 3.8) is 0 Å². The Hall–Kier alpha value is -1.55. The zero-order valence-corrected chi connectivity index (χ0v) is 10.9. The molecule has 1 heterocycles. The maximum absolute atomic E-state index is 11.2. The predicted octanol–water partition coefficient (Wildman–Crippen LogP) is 2.50. The minimum atomic E-state index is -0.367. The van der Waals surface area contributed by atoms with Crippen molar-refractivity contribution in [2.24, 2.45) is 5.73 Å². The Bertz CT molecular complexity index is 479. The molecule has 1 aliphatic heterocycles. The van der Waals surface area contributed by atoms with Gasteiger partial charge in [0.05, 0.1) is 0 Å². The van der Waals surface area contributed by atoms with E-state index >= 15 is 0 Å². The number of carbonyl (C=O) groups excluding carboxylic acids is 1. The average molecular weight is 293 g/mol. The van der Waals surface area contributed by atoms with E-state index in [1.807, 2.05) is 41.4 Å². The summed E-state index contributed by atoms with van der Waals surface area (Å²) in [4.78, 5) is 13.1. The molecule has 1 amide bonds. The second-order valence-electron chi connectivity index (χ2n) is 3.93. The largest absolute Gasteiger partial charge is 0.366 e. The Balaban J connectivity index is 2.15. The second kappa shape index (κ2) is 5.19. The quantitative estimate of drug-likeness (QED) is 0.930. The van der Waals surface area contributed by atoms with E-state index in [4.69, 9.17) is 5.73 Å². The summed E-state index contributed by atoms with van der Waals surface area (Å²) in [5.41, 5.74) is 7.11. The molecule has 0 radical (unpaired) electrons. The number of hydrogen-bond acceptors (Lipinski definition) is 2. The highest BCUT2D eigenvalue weighted by Crippen LogP contribution is 2.24. The fraction of sp³-hybridized carbons (Fsp3) is 0.154. The number of rotatable bonds is 3. The maximum Gasteiger partial charge on any atom is 0.246 e. The molecule has 1 aromatic rings. The van der Waals surface area contributed by atoms with Gasteiger partial charge in [-0.25, -0.2) is 0 Å². The molecule has 2 rings (SSSR count). The number of amides is 1. The highest BCUT2D eigenvalue weighted by molar-refractivity contribution is 9.11. The first-order valence-corrected chi connectivity index (χ1v) is 6.11. The Morgan fingerprint density at radius 1 is 1.29 bits per heavy atom. The number of carbonyl (C=O) groups is 1. The monoisotopic (exact) mass is 292 g/mol. The van der Waals surface area contributed by atoms with Gasteiger partial charge in [-0.05, 0) is 5.56 Å². The lowest BCUT2D eigenvalue weighted by Crippen LogP contribution is -2.21. The molecule has 0 spiro atoms. The van der Waals surface area contributed by atoms with Crippen LogP contribution in [0.3, 0.4) is 0 Å². The van der Waals surface area contributed by atoms with Crippen LogP contribution in [0, 0.1) is 0 Å². The molecule has 17 heavy (non-hydrogen) atoms. The van der Waals surface area contributed by atoms with Crippen molar-refractivity contribution in [2.45, 2.75) is 13.0 Å². The third-order valence-electron chi connectivity index (χ3n) is 2.51. The summed E-state index contributed by atoms with van der Waals surface area (Å²) >= 11 is 3.42. The van der Waals surface area contributed by atoms with Crippen molar-refractivity contribution in [1.82, 2.24) is 4.90 Å². The van der Waals surface area contributed by atoms with Crippen LogP contribution in [0.5, 0.6) is 0 Å². The first kappa shape index (κ1) is 11.9. The van der Waals surface area contributed by atoms with E-state index in [1.165, 1.54) is 5.56 Å². The van der Waals surface area contributed by atoms with Gasteiger partial charge in [-0.2, -0.15) is 0 Å². The standard InChI is InChI=1S/C13H13BrN2O/c14-12-6-11(13(15)17)8-16(9-12)7-10-4-2-1-3-5-10/h1-5,8-9H,6-7H2,(H2,15,17). The highest BCUT2D eigenvalue weighted by Gasteiger charge is 2.14. The third kappa shape index (κ3) is 3.20. The number of halogens is 1. The third-order valence-corrected chi connectivity index (χ3v) is 3.00. The fourth-order valence-electron chi connectivity index (χ4n) is 1.73. The van der Waals surface area contributed by atoms with E-state index < -0.39 is 0 Å². The minimum Gasteiger partial charge on any atom is -0.366 e. The fourth-order valence-corrected chi connectivity index (χ4v) is 2.29. The lowest BCUT2D eigenvalue weighted by atomic mass is 10.1. The summed E-state index contributed by atoms with van der Waals surface area (Å²) < 4.78 is 0.963. The van der Waals surface area contributed by atoms with Crippen LogP contribution >= 0.6 is 15.9 Å². The second-order valence-corrected chi connectivity index (χ2v) is 4.95. The summed E-state index contributed by atoms with van der Waals surface area (Å²) in [6, 6.07) is 10.1. The number of allylic oxidation sites excluding steroid dienone is 1. The van der Waals surface area contributed by atoms with Crippen molar-refractivity contribution < 1.29 is 4.79 Å². The van der Waals surface area contributed by atoms with E-state index in [2.05, 4.69) is 15.9 Å². The lowest BCUT2D eigenvalue weighted by molar-refractivity contribution is -0.114. The lowest BCUT2D eigenvalue weighted by Gasteiger charge is -2.22. The summed E-state index contributed by atoms with van der Waals surface area (Å²) in [5.74, 6) is -0.367. The number of primary amides is 1. The summed E-state index contributed by atoms with van der Waals surface area (Å²) in [7, 11) is 0. The molecule has 1 aromatic carbocycles. The van der Waals surface area contributed by atoms with Gasteiger partial charge in [0, 0.05) is 35.4 Å². The summed E-state index contributed by atoms with van der Waals surface area (Å²) in [6.45, 7) is 0.729. The van der Waals surface area contributed by atoms with E-state index in [1.54, 1.807) is 6.20 Å². The van der Waals surface area contributed by atoms with Crippen molar-refractivity contribution in [3.8, 4) is 0 Å². The Morgan fingerprint density at radius 2 is 2.00 bits per heavy atom. The average Bonchev–Trinajstić information content (AvgIpc) is 2.29. The molecule has 0 bridgehead atoms. The van der Waals surface area contributed by atoms with Crippen LogP contribution in [0.15, 0.2) is 52.8 Å². The van der Waals surface area contributed by atoms with E-state index in [0.717, 1.165) is 11.0 Å². The Morgan fingerprint density at radius 3 is 2.65 bits per heavy atom. The Kier molecular flexibility index (Phi) is 3.64. The smallest absolute Gasteiger partial charge is 0.246 e. The van der Waals surface area contributed by atoms with E-state index in [-0.39, 0.29) is 5.91 Å². The van der Waals surface area contributed by atoms with Crippen LogP contribution in [-0.2, 0) is 11.3 Å². The molecule has 3 nitrogen and oxygen atoms in total. The SMILES string of the molecule is NC(=O)C1=CN(Cc2ccccc2)C=C(Br)C1. The van der Waals surface area contributed by atoms with Crippen LogP contribution in [-0.4, -0.2) is 10.8 Å². The molecule has 4 heteroatoms. The molecule has 0 aromatic heterocycles. The normalized spacial score (nSPS) is 15.2. The molecule has 0 saturated carbocycles. The molecule has 0 aliphatic carbocycles. The van der Waals surface area contributed by atoms with Crippen molar-refractivity contribution in [1.29, 1.82) is 0 Å². The van der Waals surface area contributed by atoms with E-state index in [0.29, 0.717) is 12.0 Å². The predicted molar refractivity (Wildman–Crippen MR) is 70.9 cm³/mol. The van der Waals surface area contributed by atoms with Gasteiger partial charge >= 0.3 is 0 Å². The maximum atomic E-state index is 11.2. The molecule has 0 unspecified atom stereocenters. The van der Waals surface area contributed by atoms with Crippen molar-refractivity contribution in [3.05, 3.63) is 58.4 Å². The topological polar surface area (TPSA) is 46.3 Å². The molecule has 88 valence electrons. The number of nitrogens with two attached hydrogens (primary N) is 1.